The van der Waals surface area contributed by atoms with Gasteiger partial charge in [0.25, 0.3) is 0 Å². The maximum atomic E-state index is 11.3. The van der Waals surface area contributed by atoms with Gasteiger partial charge >= 0.3 is 5.97 Å². The van der Waals surface area contributed by atoms with Crippen LogP contribution >= 0.6 is 0 Å². The maximum absolute atomic E-state index is 11.3. The Labute approximate surface area is 96.8 Å². The first kappa shape index (κ1) is 13.4. The van der Waals surface area contributed by atoms with E-state index in [1.54, 1.807) is 0 Å². The highest BCUT2D eigenvalue weighted by atomic mass is 32.2. The van der Waals surface area contributed by atoms with Gasteiger partial charge in [-0.25, -0.2) is 12.7 Å². The van der Waals surface area contributed by atoms with E-state index < -0.39 is 10.0 Å². The predicted octanol–water partition coefficient (Wildman–Crippen LogP) is 0.467. The van der Waals surface area contributed by atoms with Gasteiger partial charge in [0.2, 0.25) is 10.0 Å². The molecule has 1 rings (SSSR count). The molecule has 0 bridgehead atoms. The topological polar surface area (TPSA) is 63.7 Å². The lowest BCUT2D eigenvalue weighted by Crippen LogP contribution is -2.40. The molecule has 0 spiro atoms. The van der Waals surface area contributed by atoms with Gasteiger partial charge in [-0.05, 0) is 18.8 Å². The Kier molecular flexibility index (Phi) is 4.32. The largest absolute Gasteiger partial charge is 0.469 e. The zero-order valence-electron chi connectivity index (χ0n) is 9.97. The average Bonchev–Trinajstić information content (AvgIpc) is 2.26. The molecule has 0 radical (unpaired) electrons. The van der Waals surface area contributed by atoms with Gasteiger partial charge < -0.3 is 4.74 Å². The first-order valence-corrected chi connectivity index (χ1v) is 7.24. The van der Waals surface area contributed by atoms with Crippen molar-refractivity contribution >= 4 is 16.0 Å². The van der Waals surface area contributed by atoms with Gasteiger partial charge in [0, 0.05) is 13.1 Å². The fraction of sp³-hybridized carbons (Fsp3) is 0.900. The summed E-state index contributed by atoms with van der Waals surface area (Å²) in [5.74, 6) is -0.130. The van der Waals surface area contributed by atoms with Gasteiger partial charge in [-0.15, -0.1) is 0 Å². The molecule has 0 N–H and O–H groups in total. The van der Waals surface area contributed by atoms with Crippen molar-refractivity contribution in [3.05, 3.63) is 0 Å². The molecule has 0 aromatic heterocycles. The summed E-state index contributed by atoms with van der Waals surface area (Å²) in [7, 11) is -1.70. The number of ether oxygens (including phenoxy) is 1. The van der Waals surface area contributed by atoms with Crippen molar-refractivity contribution in [2.45, 2.75) is 19.8 Å². The lowest BCUT2D eigenvalue weighted by molar-refractivity contribution is -0.147. The minimum atomic E-state index is -3.08. The molecular formula is C10H19NO4S. The number of carbonyl (C=O) groups is 1. The standard InChI is InChI=1S/C10H19NO4S/c1-8(10(12)15-2)9-4-6-11(7-5-9)16(3,13)14/h8-9H,4-7H2,1-3H3. The fourth-order valence-electron chi connectivity index (χ4n) is 2.09. The third-order valence-electron chi connectivity index (χ3n) is 3.25. The summed E-state index contributed by atoms with van der Waals surface area (Å²) < 4.78 is 28.7. The number of hydrogen-bond acceptors (Lipinski definition) is 4. The number of esters is 1. The highest BCUT2D eigenvalue weighted by Crippen LogP contribution is 2.26. The second-order valence-electron chi connectivity index (χ2n) is 4.31. The van der Waals surface area contributed by atoms with Crippen molar-refractivity contribution in [1.82, 2.24) is 4.31 Å². The van der Waals surface area contributed by atoms with Gasteiger partial charge in [-0.3, -0.25) is 4.79 Å². The number of methoxy groups -OCH3 is 1. The Morgan fingerprint density at radius 1 is 1.38 bits per heavy atom. The number of piperidine rings is 1. The van der Waals surface area contributed by atoms with E-state index in [9.17, 15) is 13.2 Å². The summed E-state index contributed by atoms with van der Waals surface area (Å²) in [6.45, 7) is 2.85. The SMILES string of the molecule is COC(=O)C(C)C1CCN(S(C)(=O)=O)CC1. The minimum absolute atomic E-state index is 0.147. The number of carbonyl (C=O) groups excluding carboxylic acids is 1. The lowest BCUT2D eigenvalue weighted by atomic mass is 9.86. The predicted molar refractivity (Wildman–Crippen MR) is 60.3 cm³/mol. The second kappa shape index (κ2) is 5.14. The quantitative estimate of drug-likeness (QED) is 0.682. The van der Waals surface area contributed by atoms with Crippen LogP contribution in [-0.4, -0.2) is 45.1 Å². The van der Waals surface area contributed by atoms with Gasteiger partial charge in [-0.2, -0.15) is 0 Å². The summed E-state index contributed by atoms with van der Waals surface area (Å²) in [6, 6.07) is 0. The molecule has 1 unspecified atom stereocenters. The van der Waals surface area contributed by atoms with Crippen LogP contribution in [0.3, 0.4) is 0 Å². The number of sulfonamides is 1. The monoisotopic (exact) mass is 249 g/mol. The molecule has 1 fully saturated rings. The van der Waals surface area contributed by atoms with Crippen LogP contribution in [0.4, 0.5) is 0 Å². The Balaban J connectivity index is 2.52. The molecule has 0 aliphatic carbocycles. The van der Waals surface area contributed by atoms with Crippen LogP contribution in [0.2, 0.25) is 0 Å². The van der Waals surface area contributed by atoms with Crippen LogP contribution in [0.25, 0.3) is 0 Å². The normalized spacial score (nSPS) is 21.7. The van der Waals surface area contributed by atoms with Crippen LogP contribution < -0.4 is 0 Å². The summed E-state index contributed by atoms with van der Waals surface area (Å²) in [5.41, 5.74) is 0. The van der Waals surface area contributed by atoms with Crippen LogP contribution in [-0.2, 0) is 19.6 Å². The average molecular weight is 249 g/mol. The molecule has 1 atom stereocenters. The van der Waals surface area contributed by atoms with Crippen molar-refractivity contribution in [3.8, 4) is 0 Å². The van der Waals surface area contributed by atoms with Crippen LogP contribution in [0, 0.1) is 11.8 Å². The fourth-order valence-corrected chi connectivity index (χ4v) is 2.96. The van der Waals surface area contributed by atoms with E-state index in [-0.39, 0.29) is 17.8 Å². The molecule has 1 saturated heterocycles. The van der Waals surface area contributed by atoms with Crippen LogP contribution in [0.1, 0.15) is 19.8 Å². The molecule has 94 valence electrons. The van der Waals surface area contributed by atoms with Crippen molar-refractivity contribution in [2.75, 3.05) is 26.5 Å². The van der Waals surface area contributed by atoms with Crippen molar-refractivity contribution in [1.29, 1.82) is 0 Å². The van der Waals surface area contributed by atoms with Crippen LogP contribution in [0.5, 0.6) is 0 Å². The van der Waals surface area contributed by atoms with Gasteiger partial charge in [0.05, 0.1) is 19.3 Å². The number of rotatable bonds is 3. The molecule has 0 saturated carbocycles. The second-order valence-corrected chi connectivity index (χ2v) is 6.29. The third-order valence-corrected chi connectivity index (χ3v) is 4.55. The molecule has 1 aliphatic heterocycles. The number of hydrogen-bond donors (Lipinski definition) is 0. The molecule has 1 aliphatic rings. The Morgan fingerprint density at radius 2 is 1.88 bits per heavy atom. The Hall–Kier alpha value is -0.620. The summed E-state index contributed by atoms with van der Waals surface area (Å²) >= 11 is 0. The van der Waals surface area contributed by atoms with E-state index in [2.05, 4.69) is 4.74 Å². The zero-order valence-corrected chi connectivity index (χ0v) is 10.8. The summed E-state index contributed by atoms with van der Waals surface area (Å²) in [5, 5.41) is 0. The van der Waals surface area contributed by atoms with E-state index in [4.69, 9.17) is 0 Å². The molecule has 0 aromatic rings. The van der Waals surface area contributed by atoms with E-state index in [1.165, 1.54) is 17.7 Å². The molecule has 0 aromatic carbocycles. The van der Waals surface area contributed by atoms with Gasteiger partial charge in [0.1, 0.15) is 0 Å². The summed E-state index contributed by atoms with van der Waals surface area (Å²) in [6.07, 6.45) is 2.67. The van der Waals surface area contributed by atoms with Crippen molar-refractivity contribution < 1.29 is 17.9 Å². The van der Waals surface area contributed by atoms with E-state index in [0.717, 1.165) is 12.8 Å². The summed E-state index contributed by atoms with van der Waals surface area (Å²) in [4.78, 5) is 11.3. The first-order chi connectivity index (χ1) is 7.36. The first-order valence-electron chi connectivity index (χ1n) is 5.39. The Morgan fingerprint density at radius 3 is 2.25 bits per heavy atom. The van der Waals surface area contributed by atoms with E-state index >= 15 is 0 Å². The minimum Gasteiger partial charge on any atom is -0.469 e. The van der Waals surface area contributed by atoms with Crippen LogP contribution in [0.15, 0.2) is 0 Å². The molecule has 16 heavy (non-hydrogen) atoms. The zero-order chi connectivity index (χ0) is 12.3. The van der Waals surface area contributed by atoms with Gasteiger partial charge in [0.15, 0.2) is 0 Å². The van der Waals surface area contributed by atoms with Crippen molar-refractivity contribution in [2.24, 2.45) is 11.8 Å². The molecule has 1 heterocycles. The van der Waals surface area contributed by atoms with E-state index in [0.29, 0.717) is 13.1 Å². The molecular weight excluding hydrogens is 230 g/mol. The smallest absolute Gasteiger partial charge is 0.308 e. The number of nitrogens with zero attached hydrogens (tertiary/aromatic N) is 1. The highest BCUT2D eigenvalue weighted by molar-refractivity contribution is 7.88. The lowest BCUT2D eigenvalue weighted by Gasteiger charge is -2.32. The van der Waals surface area contributed by atoms with E-state index in [1.807, 2.05) is 6.92 Å². The molecule has 5 nitrogen and oxygen atoms in total. The third kappa shape index (κ3) is 3.18. The maximum Gasteiger partial charge on any atom is 0.308 e. The Bertz CT molecular complexity index is 344. The molecule has 0 amide bonds. The highest BCUT2D eigenvalue weighted by Gasteiger charge is 2.31. The van der Waals surface area contributed by atoms with Gasteiger partial charge in [-0.1, -0.05) is 6.92 Å². The van der Waals surface area contributed by atoms with Crippen molar-refractivity contribution in [3.63, 3.8) is 0 Å². The molecule has 6 heteroatoms.